The topological polar surface area (TPSA) is 26.3 Å². The highest BCUT2D eigenvalue weighted by Gasteiger charge is 2.27. The Bertz CT molecular complexity index is 348. The molecule has 0 heterocycles. The van der Waals surface area contributed by atoms with Gasteiger partial charge in [0.15, 0.2) is 0 Å². The fraction of sp³-hybridized carbons (Fsp3) is 0.615. The number of ether oxygens (including phenoxy) is 1. The summed E-state index contributed by atoms with van der Waals surface area (Å²) in [5.74, 6) is -0.107. The molecule has 0 N–H and O–H groups in total. The Morgan fingerprint density at radius 2 is 2.07 bits per heavy atom. The van der Waals surface area contributed by atoms with E-state index in [-0.39, 0.29) is 5.97 Å². The highest BCUT2D eigenvalue weighted by atomic mass is 16.5. The zero-order chi connectivity index (χ0) is 10.8. The number of hydrogen-bond acceptors (Lipinski definition) is 2. The van der Waals surface area contributed by atoms with E-state index in [0.717, 1.165) is 18.4 Å². The lowest BCUT2D eigenvalue weighted by Crippen LogP contribution is -2.07. The van der Waals surface area contributed by atoms with Crippen LogP contribution in [0.4, 0.5) is 0 Å². The number of rotatable bonds is 2. The third-order valence-electron chi connectivity index (χ3n) is 3.40. The van der Waals surface area contributed by atoms with Gasteiger partial charge in [0.05, 0.1) is 6.61 Å². The molecular weight excluding hydrogens is 188 g/mol. The van der Waals surface area contributed by atoms with Gasteiger partial charge in [-0.2, -0.15) is 0 Å². The smallest absolute Gasteiger partial charge is 0.334 e. The summed E-state index contributed by atoms with van der Waals surface area (Å²) in [5, 5.41) is 0. The van der Waals surface area contributed by atoms with Crippen molar-refractivity contribution in [1.29, 1.82) is 0 Å². The van der Waals surface area contributed by atoms with Gasteiger partial charge >= 0.3 is 5.97 Å². The van der Waals surface area contributed by atoms with Gasteiger partial charge in [0.2, 0.25) is 0 Å². The first-order valence-corrected chi connectivity index (χ1v) is 5.82. The highest BCUT2D eigenvalue weighted by molar-refractivity contribution is 5.92. The lowest BCUT2D eigenvalue weighted by molar-refractivity contribution is -0.138. The summed E-state index contributed by atoms with van der Waals surface area (Å²) >= 11 is 0. The molecule has 0 aromatic carbocycles. The molecule has 0 spiro atoms. The lowest BCUT2D eigenvalue weighted by Gasteiger charge is -2.14. The summed E-state index contributed by atoms with van der Waals surface area (Å²) in [7, 11) is 0. The Kier molecular flexibility index (Phi) is 2.94. The molecule has 0 aromatic heterocycles. The molecule has 0 aliphatic heterocycles. The fourth-order valence-electron chi connectivity index (χ4n) is 2.59. The molecule has 0 amide bonds. The number of carbonyl (C=O) groups excluding carboxylic acids is 1. The molecule has 2 nitrogen and oxygen atoms in total. The highest BCUT2D eigenvalue weighted by Crippen LogP contribution is 2.40. The van der Waals surface area contributed by atoms with Gasteiger partial charge in [-0.25, -0.2) is 4.79 Å². The van der Waals surface area contributed by atoms with Gasteiger partial charge in [0.1, 0.15) is 0 Å². The van der Waals surface area contributed by atoms with Crippen LogP contribution in [0, 0.1) is 0 Å². The maximum absolute atomic E-state index is 11.7. The van der Waals surface area contributed by atoms with Gasteiger partial charge in [0, 0.05) is 12.0 Å². The van der Waals surface area contributed by atoms with Gasteiger partial charge in [0.25, 0.3) is 0 Å². The van der Waals surface area contributed by atoms with Crippen LogP contribution in [0.1, 0.15) is 46.0 Å². The predicted octanol–water partition coefficient (Wildman–Crippen LogP) is 3.14. The number of esters is 1. The average Bonchev–Trinajstić information content (AvgIpc) is 2.57. The molecule has 0 radical (unpaired) electrons. The van der Waals surface area contributed by atoms with E-state index < -0.39 is 0 Å². The molecule has 0 saturated carbocycles. The summed E-state index contributed by atoms with van der Waals surface area (Å²) in [5.41, 5.74) is 5.04. The normalized spacial score (nSPS) is 20.7. The molecule has 0 unspecified atom stereocenters. The average molecular weight is 206 g/mol. The van der Waals surface area contributed by atoms with Crippen LogP contribution in [-0.2, 0) is 9.53 Å². The minimum Gasteiger partial charge on any atom is -0.463 e. The van der Waals surface area contributed by atoms with Gasteiger partial charge in [-0.05, 0) is 50.7 Å². The van der Waals surface area contributed by atoms with E-state index in [9.17, 15) is 4.79 Å². The SMILES string of the molecule is CCOC(=O)C1=C(C)C2=C(CCCC2)C1. The van der Waals surface area contributed by atoms with E-state index in [4.69, 9.17) is 4.74 Å². The van der Waals surface area contributed by atoms with E-state index in [2.05, 4.69) is 6.92 Å². The number of allylic oxidation sites excluding steroid dienone is 3. The van der Waals surface area contributed by atoms with Crippen molar-refractivity contribution in [2.45, 2.75) is 46.0 Å². The zero-order valence-electron chi connectivity index (χ0n) is 9.56. The van der Waals surface area contributed by atoms with E-state index in [1.165, 1.54) is 36.0 Å². The fourth-order valence-corrected chi connectivity index (χ4v) is 2.59. The quantitative estimate of drug-likeness (QED) is 0.649. The van der Waals surface area contributed by atoms with Crippen LogP contribution in [0.2, 0.25) is 0 Å². The Morgan fingerprint density at radius 3 is 2.73 bits per heavy atom. The van der Waals surface area contributed by atoms with Gasteiger partial charge in [-0.3, -0.25) is 0 Å². The monoisotopic (exact) mass is 206 g/mol. The van der Waals surface area contributed by atoms with E-state index in [1.54, 1.807) is 0 Å². The van der Waals surface area contributed by atoms with Crippen molar-refractivity contribution in [1.82, 2.24) is 0 Å². The van der Waals surface area contributed by atoms with Gasteiger partial charge in [-0.1, -0.05) is 5.57 Å². The van der Waals surface area contributed by atoms with Crippen molar-refractivity contribution in [2.24, 2.45) is 0 Å². The molecule has 0 fully saturated rings. The van der Waals surface area contributed by atoms with Crippen LogP contribution in [0.25, 0.3) is 0 Å². The molecule has 82 valence electrons. The molecule has 2 aliphatic carbocycles. The molecule has 0 atom stereocenters. The Labute approximate surface area is 91.0 Å². The van der Waals surface area contributed by atoms with Gasteiger partial charge in [-0.15, -0.1) is 0 Å². The number of hydrogen-bond donors (Lipinski definition) is 0. The second-order valence-corrected chi connectivity index (χ2v) is 4.29. The third kappa shape index (κ3) is 1.85. The maximum atomic E-state index is 11.7. The van der Waals surface area contributed by atoms with Crippen LogP contribution in [0.15, 0.2) is 22.3 Å². The van der Waals surface area contributed by atoms with E-state index in [1.807, 2.05) is 6.92 Å². The summed E-state index contributed by atoms with van der Waals surface area (Å²) < 4.78 is 5.08. The molecule has 2 aliphatic rings. The largest absolute Gasteiger partial charge is 0.463 e. The summed E-state index contributed by atoms with van der Waals surface area (Å²) in [6.07, 6.45) is 5.73. The zero-order valence-corrected chi connectivity index (χ0v) is 9.56. The van der Waals surface area contributed by atoms with Crippen molar-refractivity contribution in [3.05, 3.63) is 22.3 Å². The Balaban J connectivity index is 2.18. The molecule has 2 heteroatoms. The van der Waals surface area contributed by atoms with E-state index >= 15 is 0 Å². The summed E-state index contributed by atoms with van der Waals surface area (Å²) in [6.45, 7) is 4.40. The lowest BCUT2D eigenvalue weighted by atomic mass is 9.91. The maximum Gasteiger partial charge on any atom is 0.334 e. The molecule has 0 aromatic rings. The van der Waals surface area contributed by atoms with Crippen molar-refractivity contribution in [3.8, 4) is 0 Å². The third-order valence-corrected chi connectivity index (χ3v) is 3.40. The first-order chi connectivity index (χ1) is 7.24. The second-order valence-electron chi connectivity index (χ2n) is 4.29. The van der Waals surface area contributed by atoms with Crippen molar-refractivity contribution < 1.29 is 9.53 Å². The predicted molar refractivity (Wildman–Crippen MR) is 59.4 cm³/mol. The van der Waals surface area contributed by atoms with Crippen LogP contribution < -0.4 is 0 Å². The molecular formula is C13H18O2. The van der Waals surface area contributed by atoms with Crippen molar-refractivity contribution in [3.63, 3.8) is 0 Å². The molecule has 15 heavy (non-hydrogen) atoms. The van der Waals surface area contributed by atoms with Crippen LogP contribution in [0.5, 0.6) is 0 Å². The van der Waals surface area contributed by atoms with E-state index in [0.29, 0.717) is 6.61 Å². The van der Waals surface area contributed by atoms with Crippen LogP contribution >= 0.6 is 0 Å². The first-order valence-electron chi connectivity index (χ1n) is 5.82. The second kappa shape index (κ2) is 4.21. The summed E-state index contributed by atoms with van der Waals surface area (Å²) in [4.78, 5) is 11.7. The molecule has 0 bridgehead atoms. The van der Waals surface area contributed by atoms with Crippen molar-refractivity contribution >= 4 is 5.97 Å². The minimum absolute atomic E-state index is 0.107. The molecule has 2 rings (SSSR count). The van der Waals surface area contributed by atoms with Crippen LogP contribution in [-0.4, -0.2) is 12.6 Å². The standard InChI is InChI=1S/C13H18O2/c1-3-15-13(14)12-8-10-6-4-5-7-11(10)9(12)2/h3-8H2,1-2H3. The van der Waals surface area contributed by atoms with Gasteiger partial charge < -0.3 is 4.74 Å². The Hall–Kier alpha value is -1.05. The van der Waals surface area contributed by atoms with Crippen molar-refractivity contribution in [2.75, 3.05) is 6.61 Å². The minimum atomic E-state index is -0.107. The first kappa shape index (κ1) is 10.5. The Morgan fingerprint density at radius 1 is 1.33 bits per heavy atom. The molecule has 0 saturated heterocycles. The van der Waals surface area contributed by atoms with Crippen LogP contribution in [0.3, 0.4) is 0 Å². The summed E-state index contributed by atoms with van der Waals surface area (Å²) in [6, 6.07) is 0. The number of carbonyl (C=O) groups is 1.